The molecule has 1 unspecified atom stereocenters. The van der Waals surface area contributed by atoms with Gasteiger partial charge in [0.2, 0.25) is 0 Å². The molecule has 1 aromatic heterocycles. The monoisotopic (exact) mass is 459 g/mol. The lowest BCUT2D eigenvalue weighted by atomic mass is 9.91. The smallest absolute Gasteiger partial charge is 0.165 e. The van der Waals surface area contributed by atoms with Crippen LogP contribution in [0.5, 0.6) is 0 Å². The van der Waals surface area contributed by atoms with E-state index in [4.69, 9.17) is 4.98 Å². The molecule has 0 aliphatic heterocycles. The van der Waals surface area contributed by atoms with Gasteiger partial charge in [0.05, 0.1) is 12.2 Å². The number of nitrogens with zero attached hydrogens (tertiary/aromatic N) is 3. The number of rotatable bonds is 7. The Morgan fingerprint density at radius 2 is 1.51 bits per heavy atom. The molecule has 0 aliphatic rings. The number of imidazole rings is 1. The average molecular weight is 460 g/mol. The SMILES string of the molecule is Cc1cccc(N(C)CC(O)(c2ccccc2)c2nccn2-c2ccccc2-c2ccccc2)c1. The van der Waals surface area contributed by atoms with Gasteiger partial charge in [-0.1, -0.05) is 91.0 Å². The minimum Gasteiger partial charge on any atom is -0.375 e. The zero-order valence-electron chi connectivity index (χ0n) is 20.0. The Kier molecular flexibility index (Phi) is 6.21. The molecule has 174 valence electrons. The van der Waals surface area contributed by atoms with Crippen molar-refractivity contribution in [1.82, 2.24) is 9.55 Å². The number of benzene rings is 4. The molecule has 0 saturated carbocycles. The van der Waals surface area contributed by atoms with Crippen molar-refractivity contribution in [2.45, 2.75) is 12.5 Å². The van der Waals surface area contributed by atoms with Crippen LogP contribution in [0.1, 0.15) is 17.0 Å². The first-order chi connectivity index (χ1) is 17.1. The summed E-state index contributed by atoms with van der Waals surface area (Å²) in [7, 11) is 2.01. The number of anilines is 1. The van der Waals surface area contributed by atoms with Crippen molar-refractivity contribution in [3.8, 4) is 16.8 Å². The number of aromatic nitrogens is 2. The van der Waals surface area contributed by atoms with Gasteiger partial charge in [-0.3, -0.25) is 0 Å². The van der Waals surface area contributed by atoms with Gasteiger partial charge in [-0.2, -0.15) is 0 Å². The zero-order valence-corrected chi connectivity index (χ0v) is 20.0. The normalized spacial score (nSPS) is 12.8. The summed E-state index contributed by atoms with van der Waals surface area (Å²) in [6.45, 7) is 2.42. The second-order valence-corrected chi connectivity index (χ2v) is 8.93. The lowest BCUT2D eigenvalue weighted by Crippen LogP contribution is -2.42. The molecule has 35 heavy (non-hydrogen) atoms. The third kappa shape index (κ3) is 4.48. The highest BCUT2D eigenvalue weighted by Gasteiger charge is 2.38. The first kappa shape index (κ1) is 22.6. The molecule has 0 bridgehead atoms. The van der Waals surface area contributed by atoms with Gasteiger partial charge in [-0.25, -0.2) is 4.98 Å². The summed E-state index contributed by atoms with van der Waals surface area (Å²) in [6.07, 6.45) is 3.69. The highest BCUT2D eigenvalue weighted by Crippen LogP contribution is 2.35. The molecule has 5 aromatic rings. The molecule has 0 aliphatic carbocycles. The van der Waals surface area contributed by atoms with Gasteiger partial charge in [0.15, 0.2) is 11.4 Å². The second kappa shape index (κ2) is 9.61. The largest absolute Gasteiger partial charge is 0.375 e. The third-order valence-electron chi connectivity index (χ3n) is 6.42. The van der Waals surface area contributed by atoms with Crippen molar-refractivity contribution in [1.29, 1.82) is 0 Å². The van der Waals surface area contributed by atoms with Gasteiger partial charge in [0.1, 0.15) is 0 Å². The zero-order chi connectivity index (χ0) is 24.3. The van der Waals surface area contributed by atoms with E-state index in [9.17, 15) is 5.11 Å². The summed E-state index contributed by atoms with van der Waals surface area (Å²) in [5, 5.41) is 12.4. The minimum absolute atomic E-state index is 0.338. The fourth-order valence-corrected chi connectivity index (χ4v) is 4.65. The van der Waals surface area contributed by atoms with Crippen LogP contribution in [-0.2, 0) is 5.60 Å². The summed E-state index contributed by atoms with van der Waals surface area (Å²) < 4.78 is 2.01. The first-order valence-electron chi connectivity index (χ1n) is 11.8. The minimum atomic E-state index is -1.35. The Labute approximate surface area is 206 Å². The van der Waals surface area contributed by atoms with Crippen LogP contribution in [0, 0.1) is 6.92 Å². The van der Waals surface area contributed by atoms with Crippen LogP contribution < -0.4 is 4.90 Å². The van der Waals surface area contributed by atoms with Crippen molar-refractivity contribution in [3.05, 3.63) is 139 Å². The predicted octanol–water partition coefficient (Wildman–Crippen LogP) is 6.22. The maximum atomic E-state index is 12.4. The Bertz CT molecular complexity index is 1410. The van der Waals surface area contributed by atoms with E-state index in [1.807, 2.05) is 84.5 Å². The highest BCUT2D eigenvalue weighted by atomic mass is 16.3. The Balaban J connectivity index is 1.64. The van der Waals surface area contributed by atoms with E-state index in [0.29, 0.717) is 12.4 Å². The number of aliphatic hydroxyl groups is 1. The van der Waals surface area contributed by atoms with Crippen LogP contribution in [0.2, 0.25) is 0 Å². The topological polar surface area (TPSA) is 41.3 Å². The molecule has 1 atom stereocenters. The second-order valence-electron chi connectivity index (χ2n) is 8.93. The van der Waals surface area contributed by atoms with E-state index in [-0.39, 0.29) is 0 Å². The molecule has 1 heterocycles. The van der Waals surface area contributed by atoms with Crippen molar-refractivity contribution in [2.24, 2.45) is 0 Å². The van der Waals surface area contributed by atoms with Crippen LogP contribution >= 0.6 is 0 Å². The molecule has 4 aromatic carbocycles. The van der Waals surface area contributed by atoms with Crippen LogP contribution in [-0.4, -0.2) is 28.3 Å². The van der Waals surface area contributed by atoms with Crippen LogP contribution in [0.4, 0.5) is 5.69 Å². The molecule has 4 heteroatoms. The average Bonchev–Trinajstić information content (AvgIpc) is 3.40. The standard InChI is InChI=1S/C31H29N3O/c1-24-12-11-17-27(22-24)33(2)23-31(35,26-15-7-4-8-16-26)30-32-20-21-34(30)29-19-10-9-18-28(29)25-13-5-3-6-14-25/h3-22,35H,23H2,1-2H3. The fraction of sp³-hybridized carbons (Fsp3) is 0.129. The lowest BCUT2D eigenvalue weighted by Gasteiger charge is -2.34. The molecule has 4 nitrogen and oxygen atoms in total. The molecule has 0 spiro atoms. The predicted molar refractivity (Wildman–Crippen MR) is 143 cm³/mol. The van der Waals surface area contributed by atoms with Gasteiger partial charge in [0.25, 0.3) is 0 Å². The summed E-state index contributed by atoms with van der Waals surface area (Å²) in [6, 6.07) is 36.7. The van der Waals surface area contributed by atoms with E-state index in [1.54, 1.807) is 6.20 Å². The summed E-state index contributed by atoms with van der Waals surface area (Å²) in [4.78, 5) is 6.81. The molecule has 0 fully saturated rings. The third-order valence-corrected chi connectivity index (χ3v) is 6.42. The Morgan fingerprint density at radius 1 is 0.829 bits per heavy atom. The molecule has 1 N–H and O–H groups in total. The van der Waals surface area contributed by atoms with Crippen molar-refractivity contribution in [3.63, 3.8) is 0 Å². The molecular weight excluding hydrogens is 430 g/mol. The molecular formula is C31H29N3O. The molecule has 0 radical (unpaired) electrons. The maximum absolute atomic E-state index is 12.4. The quantitative estimate of drug-likeness (QED) is 0.314. The first-order valence-corrected chi connectivity index (χ1v) is 11.8. The number of hydrogen-bond donors (Lipinski definition) is 1. The molecule has 0 saturated heterocycles. The summed E-state index contributed by atoms with van der Waals surface area (Å²) >= 11 is 0. The Morgan fingerprint density at radius 3 is 2.26 bits per heavy atom. The molecule has 0 amide bonds. The number of likely N-dealkylation sites (N-methyl/N-ethyl adjacent to an activating group) is 1. The van der Waals surface area contributed by atoms with Crippen LogP contribution in [0.15, 0.2) is 122 Å². The van der Waals surface area contributed by atoms with Gasteiger partial charge in [0, 0.05) is 30.7 Å². The summed E-state index contributed by atoms with van der Waals surface area (Å²) in [5.41, 5.74) is 4.83. The highest BCUT2D eigenvalue weighted by molar-refractivity contribution is 5.73. The van der Waals surface area contributed by atoms with E-state index >= 15 is 0 Å². The van der Waals surface area contributed by atoms with Gasteiger partial charge >= 0.3 is 0 Å². The van der Waals surface area contributed by atoms with Crippen LogP contribution in [0.25, 0.3) is 16.8 Å². The Hall–Kier alpha value is -4.15. The van der Waals surface area contributed by atoms with Gasteiger partial charge in [-0.05, 0) is 41.8 Å². The fourth-order valence-electron chi connectivity index (χ4n) is 4.65. The van der Waals surface area contributed by atoms with E-state index in [0.717, 1.165) is 28.1 Å². The van der Waals surface area contributed by atoms with Gasteiger partial charge < -0.3 is 14.6 Å². The van der Waals surface area contributed by atoms with E-state index in [2.05, 4.69) is 54.3 Å². The lowest BCUT2D eigenvalue weighted by molar-refractivity contribution is 0.0778. The molecule has 5 rings (SSSR count). The number of para-hydroxylation sites is 1. The van der Waals surface area contributed by atoms with Crippen LogP contribution in [0.3, 0.4) is 0 Å². The van der Waals surface area contributed by atoms with Crippen molar-refractivity contribution >= 4 is 5.69 Å². The van der Waals surface area contributed by atoms with Crippen molar-refractivity contribution in [2.75, 3.05) is 18.5 Å². The van der Waals surface area contributed by atoms with Crippen molar-refractivity contribution < 1.29 is 5.11 Å². The maximum Gasteiger partial charge on any atom is 0.165 e. The summed E-state index contributed by atoms with van der Waals surface area (Å²) in [5.74, 6) is 0.576. The number of aryl methyl sites for hydroxylation is 1. The van der Waals surface area contributed by atoms with E-state index < -0.39 is 5.60 Å². The van der Waals surface area contributed by atoms with Gasteiger partial charge in [-0.15, -0.1) is 0 Å². The number of hydrogen-bond acceptors (Lipinski definition) is 3. The van der Waals surface area contributed by atoms with E-state index in [1.165, 1.54) is 5.56 Å².